The Labute approximate surface area is 129 Å². The second-order valence-corrected chi connectivity index (χ2v) is 5.44. The standard InChI is InChI=1S/C14H13BrN2O4/c1-8-5-10(15)6-13(17(19)20)14(8)21-11-3-4-12(9(2)18)16-7-11/h3-7,9,18H,1-2H3/t9-/m1/s1. The molecule has 0 aliphatic rings. The average molecular weight is 353 g/mol. The lowest BCUT2D eigenvalue weighted by molar-refractivity contribution is -0.385. The van der Waals surface area contributed by atoms with Crippen LogP contribution in [-0.4, -0.2) is 15.0 Å². The van der Waals surface area contributed by atoms with Gasteiger partial charge in [-0.3, -0.25) is 15.1 Å². The highest BCUT2D eigenvalue weighted by molar-refractivity contribution is 9.10. The van der Waals surface area contributed by atoms with Gasteiger partial charge in [0, 0.05) is 10.5 Å². The third-order valence-corrected chi connectivity index (χ3v) is 3.28. The molecule has 6 nitrogen and oxygen atoms in total. The number of aromatic nitrogens is 1. The van der Waals surface area contributed by atoms with Gasteiger partial charge in [-0.1, -0.05) is 15.9 Å². The Morgan fingerprint density at radius 3 is 2.67 bits per heavy atom. The molecule has 0 unspecified atom stereocenters. The van der Waals surface area contributed by atoms with Gasteiger partial charge in [0.05, 0.1) is 22.9 Å². The minimum atomic E-state index is -0.678. The molecular formula is C14H13BrN2O4. The van der Waals surface area contributed by atoms with Crippen LogP contribution in [0, 0.1) is 17.0 Å². The van der Waals surface area contributed by atoms with Gasteiger partial charge >= 0.3 is 5.69 Å². The van der Waals surface area contributed by atoms with Crippen molar-refractivity contribution in [2.75, 3.05) is 0 Å². The zero-order chi connectivity index (χ0) is 15.6. The summed E-state index contributed by atoms with van der Waals surface area (Å²) in [4.78, 5) is 14.7. The van der Waals surface area contributed by atoms with Crippen LogP contribution in [0.3, 0.4) is 0 Å². The number of pyridine rings is 1. The number of nitro benzene ring substituents is 1. The van der Waals surface area contributed by atoms with Crippen molar-refractivity contribution in [3.8, 4) is 11.5 Å². The van der Waals surface area contributed by atoms with E-state index in [1.807, 2.05) is 0 Å². The molecule has 0 aliphatic heterocycles. The van der Waals surface area contributed by atoms with Gasteiger partial charge in [-0.2, -0.15) is 0 Å². The van der Waals surface area contributed by atoms with E-state index in [0.717, 1.165) is 0 Å². The van der Waals surface area contributed by atoms with Crippen molar-refractivity contribution in [2.24, 2.45) is 0 Å². The van der Waals surface area contributed by atoms with Crippen LogP contribution >= 0.6 is 15.9 Å². The number of benzene rings is 1. The maximum Gasteiger partial charge on any atom is 0.312 e. The fourth-order valence-corrected chi connectivity index (χ4v) is 2.36. The summed E-state index contributed by atoms with van der Waals surface area (Å²) >= 11 is 3.23. The van der Waals surface area contributed by atoms with E-state index in [1.165, 1.54) is 12.3 Å². The lowest BCUT2D eigenvalue weighted by Gasteiger charge is -2.10. The fraction of sp³-hybridized carbons (Fsp3) is 0.214. The smallest absolute Gasteiger partial charge is 0.312 e. The first-order valence-corrected chi connectivity index (χ1v) is 6.94. The first-order valence-electron chi connectivity index (χ1n) is 6.15. The molecule has 1 N–H and O–H groups in total. The molecule has 2 rings (SSSR count). The Morgan fingerprint density at radius 2 is 2.14 bits per heavy atom. The van der Waals surface area contributed by atoms with Crippen molar-refractivity contribution in [3.63, 3.8) is 0 Å². The maximum atomic E-state index is 11.1. The molecule has 1 aromatic carbocycles. The molecule has 0 spiro atoms. The number of hydrogen-bond donors (Lipinski definition) is 1. The lowest BCUT2D eigenvalue weighted by Crippen LogP contribution is -1.98. The largest absolute Gasteiger partial charge is 0.448 e. The van der Waals surface area contributed by atoms with Gasteiger partial charge in [-0.25, -0.2) is 0 Å². The molecule has 0 bridgehead atoms. The number of aliphatic hydroxyl groups excluding tert-OH is 1. The molecule has 2 aromatic rings. The Hall–Kier alpha value is -1.99. The number of nitro groups is 1. The highest BCUT2D eigenvalue weighted by Crippen LogP contribution is 2.37. The van der Waals surface area contributed by atoms with Crippen LogP contribution in [0.25, 0.3) is 0 Å². The van der Waals surface area contributed by atoms with E-state index in [-0.39, 0.29) is 11.4 Å². The van der Waals surface area contributed by atoms with Crippen LogP contribution < -0.4 is 4.74 Å². The summed E-state index contributed by atoms with van der Waals surface area (Å²) < 4.78 is 6.20. The van der Waals surface area contributed by atoms with Crippen molar-refractivity contribution in [1.82, 2.24) is 4.98 Å². The number of ether oxygens (including phenoxy) is 1. The van der Waals surface area contributed by atoms with Gasteiger partial charge in [-0.15, -0.1) is 0 Å². The van der Waals surface area contributed by atoms with Crippen LogP contribution in [0.15, 0.2) is 34.9 Å². The van der Waals surface area contributed by atoms with Crippen LogP contribution in [0.1, 0.15) is 24.3 Å². The van der Waals surface area contributed by atoms with E-state index in [2.05, 4.69) is 20.9 Å². The Morgan fingerprint density at radius 1 is 1.43 bits per heavy atom. The topological polar surface area (TPSA) is 85.5 Å². The first kappa shape index (κ1) is 15.4. The van der Waals surface area contributed by atoms with E-state index in [0.29, 0.717) is 21.5 Å². The van der Waals surface area contributed by atoms with Crippen molar-refractivity contribution in [1.29, 1.82) is 0 Å². The molecule has 0 radical (unpaired) electrons. The van der Waals surface area contributed by atoms with Crippen LogP contribution in [0.4, 0.5) is 5.69 Å². The normalized spacial score (nSPS) is 12.0. The van der Waals surface area contributed by atoms with Gasteiger partial charge in [0.2, 0.25) is 5.75 Å². The summed E-state index contributed by atoms with van der Waals surface area (Å²) in [6.45, 7) is 3.33. The minimum absolute atomic E-state index is 0.124. The first-order chi connectivity index (χ1) is 9.88. The van der Waals surface area contributed by atoms with Crippen molar-refractivity contribution in [2.45, 2.75) is 20.0 Å². The molecule has 0 aliphatic carbocycles. The van der Waals surface area contributed by atoms with Crippen LogP contribution in [-0.2, 0) is 0 Å². The highest BCUT2D eigenvalue weighted by Gasteiger charge is 2.19. The third kappa shape index (κ3) is 3.56. The molecule has 1 aromatic heterocycles. The molecule has 110 valence electrons. The summed E-state index contributed by atoms with van der Waals surface area (Å²) in [7, 11) is 0. The molecule has 1 heterocycles. The van der Waals surface area contributed by atoms with E-state index < -0.39 is 11.0 Å². The summed E-state index contributed by atoms with van der Waals surface area (Å²) in [6, 6.07) is 6.35. The fourth-order valence-electron chi connectivity index (χ4n) is 1.80. The number of hydrogen-bond acceptors (Lipinski definition) is 5. The molecule has 1 atom stereocenters. The molecule has 0 saturated heterocycles. The summed E-state index contributed by atoms with van der Waals surface area (Å²) in [5.74, 6) is 0.544. The molecule has 0 fully saturated rings. The second-order valence-electron chi connectivity index (χ2n) is 4.52. The summed E-state index contributed by atoms with van der Waals surface area (Å²) in [6.07, 6.45) is 0.746. The van der Waals surface area contributed by atoms with Crippen molar-refractivity contribution in [3.05, 3.63) is 56.3 Å². The SMILES string of the molecule is Cc1cc(Br)cc([N+](=O)[O-])c1Oc1ccc([C@@H](C)O)nc1. The number of aryl methyl sites for hydroxylation is 1. The molecule has 0 amide bonds. The van der Waals surface area contributed by atoms with E-state index in [1.54, 1.807) is 32.0 Å². The van der Waals surface area contributed by atoms with E-state index in [9.17, 15) is 15.2 Å². The quantitative estimate of drug-likeness (QED) is 0.665. The number of rotatable bonds is 4. The number of nitrogens with zero attached hydrogens (tertiary/aromatic N) is 2. The molecule has 7 heteroatoms. The van der Waals surface area contributed by atoms with E-state index >= 15 is 0 Å². The Balaban J connectivity index is 2.37. The number of aliphatic hydroxyl groups is 1. The molecule has 21 heavy (non-hydrogen) atoms. The van der Waals surface area contributed by atoms with Gasteiger partial charge in [0.25, 0.3) is 0 Å². The monoisotopic (exact) mass is 352 g/mol. The Kier molecular flexibility index (Phi) is 4.54. The van der Waals surface area contributed by atoms with Gasteiger partial charge < -0.3 is 9.84 Å². The maximum absolute atomic E-state index is 11.1. The van der Waals surface area contributed by atoms with Gasteiger partial charge in [0.1, 0.15) is 5.75 Å². The lowest BCUT2D eigenvalue weighted by atomic mass is 10.2. The predicted molar refractivity (Wildman–Crippen MR) is 80.5 cm³/mol. The minimum Gasteiger partial charge on any atom is -0.448 e. The van der Waals surface area contributed by atoms with Crippen molar-refractivity contribution < 1.29 is 14.8 Å². The van der Waals surface area contributed by atoms with Crippen LogP contribution in [0.2, 0.25) is 0 Å². The molecule has 0 saturated carbocycles. The second kappa shape index (κ2) is 6.19. The van der Waals surface area contributed by atoms with Gasteiger partial charge in [-0.05, 0) is 37.6 Å². The zero-order valence-electron chi connectivity index (χ0n) is 11.4. The summed E-state index contributed by atoms with van der Waals surface area (Å²) in [5, 5.41) is 20.5. The van der Waals surface area contributed by atoms with Gasteiger partial charge in [0.15, 0.2) is 0 Å². The van der Waals surface area contributed by atoms with Crippen LogP contribution in [0.5, 0.6) is 11.5 Å². The highest BCUT2D eigenvalue weighted by atomic mass is 79.9. The van der Waals surface area contributed by atoms with E-state index in [4.69, 9.17) is 4.74 Å². The predicted octanol–water partition coefficient (Wildman–Crippen LogP) is 3.91. The third-order valence-electron chi connectivity index (χ3n) is 2.82. The summed E-state index contributed by atoms with van der Waals surface area (Å²) in [5.41, 5.74) is 1.02. The average Bonchev–Trinajstić information content (AvgIpc) is 2.41. The molecular weight excluding hydrogens is 340 g/mol. The number of halogens is 1. The zero-order valence-corrected chi connectivity index (χ0v) is 13.0. The van der Waals surface area contributed by atoms with Crippen molar-refractivity contribution >= 4 is 21.6 Å². The Bertz CT molecular complexity index is 671.